The van der Waals surface area contributed by atoms with Gasteiger partial charge in [-0.1, -0.05) is 25.4 Å². The molecular weight excluding hydrogens is 226 g/mol. The molecule has 1 atom stereocenters. The molecule has 1 aromatic heterocycles. The summed E-state index contributed by atoms with van der Waals surface area (Å²) >= 11 is 0. The zero-order valence-corrected chi connectivity index (χ0v) is 11.8. The largest absolute Gasteiger partial charge is 0.360 e. The lowest BCUT2D eigenvalue weighted by atomic mass is 10.1. The highest BCUT2D eigenvalue weighted by molar-refractivity contribution is 5.05. The molecule has 1 unspecified atom stereocenters. The Morgan fingerprint density at radius 2 is 2.33 bits per heavy atom. The molecule has 1 heterocycles. The molecule has 0 aromatic carbocycles. The predicted octanol–water partition coefficient (Wildman–Crippen LogP) is 2.40. The minimum absolute atomic E-state index is 0.721. The number of aromatic nitrogens is 1. The van der Waals surface area contributed by atoms with Crippen molar-refractivity contribution in [3.05, 3.63) is 17.5 Å². The maximum Gasteiger partial charge on any atom is 0.151 e. The Hall–Kier alpha value is -0.870. The van der Waals surface area contributed by atoms with Crippen LogP contribution in [0, 0.1) is 5.92 Å². The first-order valence-corrected chi connectivity index (χ1v) is 7.03. The van der Waals surface area contributed by atoms with Crippen LogP contribution in [0.1, 0.15) is 44.6 Å². The first-order chi connectivity index (χ1) is 8.67. The smallest absolute Gasteiger partial charge is 0.151 e. The minimum atomic E-state index is 0.721. The fraction of sp³-hybridized carbons (Fsp3) is 0.786. The third kappa shape index (κ3) is 4.42. The first kappa shape index (κ1) is 13.6. The van der Waals surface area contributed by atoms with E-state index in [-0.39, 0.29) is 0 Å². The molecule has 1 N–H and O–H groups in total. The fourth-order valence-electron chi connectivity index (χ4n) is 2.04. The number of hydrogen-bond acceptors (Lipinski definition) is 4. The van der Waals surface area contributed by atoms with E-state index in [9.17, 15) is 0 Å². The van der Waals surface area contributed by atoms with Gasteiger partial charge in [0.05, 0.1) is 12.2 Å². The van der Waals surface area contributed by atoms with Gasteiger partial charge in [0.25, 0.3) is 0 Å². The second-order valence-corrected chi connectivity index (χ2v) is 5.65. The summed E-state index contributed by atoms with van der Waals surface area (Å²) in [6.07, 6.45) is 3.84. The number of nitrogens with one attached hydrogen (secondary N) is 1. The van der Waals surface area contributed by atoms with Gasteiger partial charge in [-0.25, -0.2) is 0 Å². The van der Waals surface area contributed by atoms with E-state index in [1.165, 1.54) is 19.3 Å². The average Bonchev–Trinajstić information content (AvgIpc) is 3.07. The Morgan fingerprint density at radius 1 is 1.56 bits per heavy atom. The lowest BCUT2D eigenvalue weighted by molar-refractivity contribution is 0.241. The van der Waals surface area contributed by atoms with Crippen molar-refractivity contribution in [2.24, 2.45) is 5.92 Å². The normalized spacial score (nSPS) is 17.3. The molecule has 0 aliphatic heterocycles. The fourth-order valence-corrected chi connectivity index (χ4v) is 2.04. The van der Waals surface area contributed by atoms with E-state index < -0.39 is 0 Å². The van der Waals surface area contributed by atoms with Gasteiger partial charge in [0.1, 0.15) is 0 Å². The molecule has 0 amide bonds. The van der Waals surface area contributed by atoms with Gasteiger partial charge in [-0.15, -0.1) is 0 Å². The van der Waals surface area contributed by atoms with E-state index in [0.29, 0.717) is 0 Å². The summed E-state index contributed by atoms with van der Waals surface area (Å²) in [5, 5.41) is 7.55. The molecule has 4 nitrogen and oxygen atoms in total. The molecule has 1 fully saturated rings. The third-order valence-electron chi connectivity index (χ3n) is 3.50. The quantitative estimate of drug-likeness (QED) is 0.770. The van der Waals surface area contributed by atoms with Crippen LogP contribution in [0.25, 0.3) is 0 Å². The summed E-state index contributed by atoms with van der Waals surface area (Å²) in [4.78, 5) is 2.30. The van der Waals surface area contributed by atoms with Crippen LogP contribution >= 0.6 is 0 Å². The summed E-state index contributed by atoms with van der Waals surface area (Å²) in [6.45, 7) is 7.30. The highest BCUT2D eigenvalue weighted by atomic mass is 16.5. The minimum Gasteiger partial charge on any atom is -0.360 e. The van der Waals surface area contributed by atoms with Crippen molar-refractivity contribution in [3.63, 3.8) is 0 Å². The van der Waals surface area contributed by atoms with Crippen molar-refractivity contribution >= 4 is 0 Å². The van der Waals surface area contributed by atoms with Crippen LogP contribution < -0.4 is 5.32 Å². The van der Waals surface area contributed by atoms with E-state index in [1.807, 2.05) is 0 Å². The number of hydrogen-bond donors (Lipinski definition) is 1. The van der Waals surface area contributed by atoms with Crippen molar-refractivity contribution in [3.8, 4) is 0 Å². The summed E-state index contributed by atoms with van der Waals surface area (Å²) in [6, 6.07) is 2.79. The van der Waals surface area contributed by atoms with E-state index in [4.69, 9.17) is 4.52 Å². The molecule has 102 valence electrons. The lowest BCUT2D eigenvalue weighted by Gasteiger charge is -2.18. The maximum atomic E-state index is 5.37. The summed E-state index contributed by atoms with van der Waals surface area (Å²) in [5.41, 5.74) is 1.02. The highest BCUT2D eigenvalue weighted by Crippen LogP contribution is 2.19. The van der Waals surface area contributed by atoms with Crippen LogP contribution in [0.4, 0.5) is 0 Å². The lowest BCUT2D eigenvalue weighted by Crippen LogP contribution is -2.23. The van der Waals surface area contributed by atoms with Crippen molar-refractivity contribution in [1.82, 2.24) is 15.4 Å². The van der Waals surface area contributed by atoms with Crippen LogP contribution in [-0.4, -0.2) is 29.7 Å². The monoisotopic (exact) mass is 251 g/mol. The predicted molar refractivity (Wildman–Crippen MR) is 72.2 cm³/mol. The second kappa shape index (κ2) is 6.34. The second-order valence-electron chi connectivity index (χ2n) is 5.65. The van der Waals surface area contributed by atoms with Gasteiger partial charge in [-0.3, -0.25) is 4.90 Å². The van der Waals surface area contributed by atoms with Crippen LogP contribution in [0.3, 0.4) is 0 Å². The van der Waals surface area contributed by atoms with Gasteiger partial charge in [0.15, 0.2) is 5.76 Å². The van der Waals surface area contributed by atoms with Gasteiger partial charge in [-0.2, -0.15) is 0 Å². The standard InChI is InChI=1S/C14H25N3O/c1-4-11(2)9-17(3)10-14-7-13(16-18-14)8-15-12-5-6-12/h7,11-12,15H,4-6,8-10H2,1-3H3. The van der Waals surface area contributed by atoms with Gasteiger partial charge >= 0.3 is 0 Å². The molecule has 1 saturated carbocycles. The van der Waals surface area contributed by atoms with Gasteiger partial charge in [-0.05, 0) is 25.8 Å². The zero-order chi connectivity index (χ0) is 13.0. The summed E-state index contributed by atoms with van der Waals surface area (Å²) in [7, 11) is 2.14. The Balaban J connectivity index is 1.74. The Bertz CT molecular complexity index is 360. The molecular formula is C14H25N3O. The van der Waals surface area contributed by atoms with Gasteiger partial charge in [0.2, 0.25) is 0 Å². The molecule has 4 heteroatoms. The molecule has 0 radical (unpaired) electrons. The molecule has 0 bridgehead atoms. The maximum absolute atomic E-state index is 5.37. The highest BCUT2D eigenvalue weighted by Gasteiger charge is 2.20. The van der Waals surface area contributed by atoms with E-state index in [0.717, 1.165) is 43.0 Å². The summed E-state index contributed by atoms with van der Waals surface area (Å²) in [5.74, 6) is 1.70. The van der Waals surface area contributed by atoms with E-state index in [1.54, 1.807) is 0 Å². The molecule has 0 spiro atoms. The average molecular weight is 251 g/mol. The van der Waals surface area contributed by atoms with Crippen LogP contribution in [0.15, 0.2) is 10.6 Å². The summed E-state index contributed by atoms with van der Waals surface area (Å²) < 4.78 is 5.37. The SMILES string of the molecule is CCC(C)CN(C)Cc1cc(CNC2CC2)no1. The van der Waals surface area contributed by atoms with Gasteiger partial charge in [0, 0.05) is 25.2 Å². The topological polar surface area (TPSA) is 41.3 Å². The molecule has 1 aliphatic carbocycles. The van der Waals surface area contributed by atoms with Crippen molar-refractivity contribution in [2.75, 3.05) is 13.6 Å². The number of rotatable bonds is 8. The van der Waals surface area contributed by atoms with Crippen LogP contribution in [-0.2, 0) is 13.1 Å². The van der Waals surface area contributed by atoms with E-state index in [2.05, 4.69) is 42.3 Å². The van der Waals surface area contributed by atoms with Crippen molar-refractivity contribution in [1.29, 1.82) is 0 Å². The molecule has 18 heavy (non-hydrogen) atoms. The first-order valence-electron chi connectivity index (χ1n) is 7.03. The third-order valence-corrected chi connectivity index (χ3v) is 3.50. The van der Waals surface area contributed by atoms with E-state index >= 15 is 0 Å². The molecule has 2 rings (SSSR count). The molecule has 1 aliphatic rings. The molecule has 0 saturated heterocycles. The molecule has 1 aromatic rings. The zero-order valence-electron chi connectivity index (χ0n) is 11.8. The van der Waals surface area contributed by atoms with Crippen LogP contribution in [0.2, 0.25) is 0 Å². The Kier molecular flexibility index (Phi) is 4.78. The van der Waals surface area contributed by atoms with Crippen molar-refractivity contribution < 1.29 is 4.52 Å². The van der Waals surface area contributed by atoms with Crippen molar-refractivity contribution in [2.45, 2.75) is 52.2 Å². The van der Waals surface area contributed by atoms with Crippen LogP contribution in [0.5, 0.6) is 0 Å². The number of nitrogens with zero attached hydrogens (tertiary/aromatic N) is 2. The Labute approximate surface area is 110 Å². The Morgan fingerprint density at radius 3 is 3.00 bits per heavy atom. The van der Waals surface area contributed by atoms with Gasteiger partial charge < -0.3 is 9.84 Å².